The van der Waals surface area contributed by atoms with Gasteiger partial charge >= 0.3 is 0 Å². The highest BCUT2D eigenvalue weighted by molar-refractivity contribution is 8.07. The second kappa shape index (κ2) is 13.4. The average Bonchev–Trinajstić information content (AvgIpc) is 2.31. The van der Waals surface area contributed by atoms with Gasteiger partial charge in [0.25, 0.3) is 0 Å². The molecular weight excluding hydrogens is 345 g/mol. The summed E-state index contributed by atoms with van der Waals surface area (Å²) >= 11 is 23.4. The van der Waals surface area contributed by atoms with E-state index >= 15 is 0 Å². The maximum absolute atomic E-state index is 4.43. The van der Waals surface area contributed by atoms with Gasteiger partial charge in [0.05, 0.1) is 4.58 Å². The first-order chi connectivity index (χ1) is 8.15. The lowest BCUT2D eigenvalue weighted by atomic mass is 10.5. The van der Waals surface area contributed by atoms with Crippen molar-refractivity contribution >= 4 is 85.8 Å². The Morgan fingerprint density at radius 1 is 1.06 bits per heavy atom. The first-order valence-corrected chi connectivity index (χ1v) is 11.1. The molecule has 0 heterocycles. The van der Waals surface area contributed by atoms with Crippen LogP contribution in [0.2, 0.25) is 0 Å². The van der Waals surface area contributed by atoms with Gasteiger partial charge in [-0.2, -0.15) is 85.8 Å². The van der Waals surface area contributed by atoms with Crippen molar-refractivity contribution in [2.75, 3.05) is 34.5 Å². The summed E-state index contributed by atoms with van der Waals surface area (Å²) in [6.07, 6.45) is 0. The van der Waals surface area contributed by atoms with Gasteiger partial charge in [-0.3, -0.25) is 0 Å². The predicted molar refractivity (Wildman–Crippen MR) is 105 cm³/mol. The van der Waals surface area contributed by atoms with Crippen molar-refractivity contribution in [3.8, 4) is 0 Å². The molecule has 0 aromatic rings. The molecule has 0 fully saturated rings. The van der Waals surface area contributed by atoms with Crippen molar-refractivity contribution in [1.29, 1.82) is 0 Å². The Kier molecular flexibility index (Phi) is 15.4. The number of thioether (sulfide) groups is 3. The molecule has 0 aromatic heterocycles. The lowest BCUT2D eigenvalue weighted by Gasteiger charge is -2.19. The number of rotatable bonds is 11. The van der Waals surface area contributed by atoms with Crippen molar-refractivity contribution in [2.24, 2.45) is 0 Å². The molecule has 0 nitrogen and oxygen atoms in total. The summed E-state index contributed by atoms with van der Waals surface area (Å²) in [6, 6.07) is 0. The van der Waals surface area contributed by atoms with Crippen molar-refractivity contribution in [1.82, 2.24) is 0 Å². The topological polar surface area (TPSA) is 0 Å². The predicted octanol–water partition coefficient (Wildman–Crippen LogP) is 3.99. The molecule has 7 heteroatoms. The van der Waals surface area contributed by atoms with Crippen molar-refractivity contribution in [2.45, 2.75) is 22.0 Å². The monoisotopic (exact) mass is 366 g/mol. The van der Waals surface area contributed by atoms with Crippen LogP contribution in [0.1, 0.15) is 6.92 Å². The lowest BCUT2D eigenvalue weighted by Crippen LogP contribution is -2.18. The fourth-order valence-electron chi connectivity index (χ4n) is 1.12. The fourth-order valence-corrected chi connectivity index (χ4v) is 6.50. The molecule has 0 aliphatic heterocycles. The summed E-state index contributed by atoms with van der Waals surface area (Å²) in [5, 5.41) is 1.17. The molecule has 2 atom stereocenters. The lowest BCUT2D eigenvalue weighted by molar-refractivity contribution is 1.09. The van der Waals surface area contributed by atoms with Gasteiger partial charge in [0, 0.05) is 33.5 Å². The van der Waals surface area contributed by atoms with Crippen LogP contribution in [0.5, 0.6) is 0 Å². The van der Waals surface area contributed by atoms with E-state index in [4.69, 9.17) is 0 Å². The minimum absolute atomic E-state index is 0.173. The van der Waals surface area contributed by atoms with Crippen LogP contribution in [0, 0.1) is 0 Å². The Balaban J connectivity index is 3.76. The van der Waals surface area contributed by atoms with E-state index in [9.17, 15) is 0 Å². The number of thiol groups is 4. The molecular formula is C10H22S7. The molecule has 0 bridgehead atoms. The summed E-state index contributed by atoms with van der Waals surface area (Å²) in [5.74, 6) is 6.43. The summed E-state index contributed by atoms with van der Waals surface area (Å²) in [7, 11) is 0. The van der Waals surface area contributed by atoms with Crippen LogP contribution < -0.4 is 0 Å². The van der Waals surface area contributed by atoms with Gasteiger partial charge in [0.15, 0.2) is 0 Å². The Morgan fingerprint density at radius 3 is 2.24 bits per heavy atom. The zero-order chi connectivity index (χ0) is 13.1. The Labute approximate surface area is 141 Å². The van der Waals surface area contributed by atoms with Crippen LogP contribution >= 0.6 is 85.8 Å². The van der Waals surface area contributed by atoms with E-state index in [1.165, 1.54) is 0 Å². The SMILES string of the molecule is CCSC(CSCC(CS)SCCS)C(S)S. The Hall–Kier alpha value is 2.45. The van der Waals surface area contributed by atoms with Crippen molar-refractivity contribution in [3.63, 3.8) is 0 Å². The Bertz CT molecular complexity index is 165. The van der Waals surface area contributed by atoms with E-state index in [2.05, 4.69) is 57.4 Å². The number of hydrogen-bond donors (Lipinski definition) is 4. The van der Waals surface area contributed by atoms with Gasteiger partial charge in [0.1, 0.15) is 0 Å². The average molecular weight is 367 g/mol. The van der Waals surface area contributed by atoms with E-state index in [-0.39, 0.29) is 4.58 Å². The second-order valence-corrected chi connectivity index (χ2v) is 9.68. The third-order valence-electron chi connectivity index (χ3n) is 1.95. The molecule has 0 rings (SSSR count). The normalized spacial score (nSPS) is 15.2. The zero-order valence-electron chi connectivity index (χ0n) is 9.99. The van der Waals surface area contributed by atoms with Gasteiger partial charge in [0.2, 0.25) is 0 Å². The first-order valence-electron chi connectivity index (χ1n) is 5.54. The third-order valence-corrected chi connectivity index (χ3v) is 8.38. The molecule has 104 valence electrons. The smallest absolute Gasteiger partial charge is 0.0568 e. The molecule has 0 saturated carbocycles. The summed E-state index contributed by atoms with van der Waals surface area (Å²) < 4.78 is 0.173. The van der Waals surface area contributed by atoms with Gasteiger partial charge in [-0.05, 0) is 11.5 Å². The minimum atomic E-state index is 0.173. The van der Waals surface area contributed by atoms with Crippen LogP contribution in [0.25, 0.3) is 0 Å². The van der Waals surface area contributed by atoms with Gasteiger partial charge < -0.3 is 0 Å². The van der Waals surface area contributed by atoms with Crippen LogP contribution in [0.4, 0.5) is 0 Å². The maximum atomic E-state index is 4.43. The van der Waals surface area contributed by atoms with E-state index in [0.29, 0.717) is 10.5 Å². The third kappa shape index (κ3) is 10.9. The molecule has 0 aliphatic rings. The number of hydrogen-bond acceptors (Lipinski definition) is 7. The molecule has 0 saturated heterocycles. The van der Waals surface area contributed by atoms with Crippen LogP contribution in [-0.2, 0) is 0 Å². The second-order valence-electron chi connectivity index (χ2n) is 3.34. The molecule has 0 spiro atoms. The fraction of sp³-hybridized carbons (Fsp3) is 1.00. The highest BCUT2D eigenvalue weighted by Crippen LogP contribution is 2.27. The van der Waals surface area contributed by atoms with Crippen LogP contribution in [0.15, 0.2) is 0 Å². The van der Waals surface area contributed by atoms with Gasteiger partial charge in [-0.1, -0.05) is 6.92 Å². The minimum Gasteiger partial charge on any atom is -0.179 e. The molecule has 17 heavy (non-hydrogen) atoms. The Morgan fingerprint density at radius 2 is 1.76 bits per heavy atom. The molecule has 0 N–H and O–H groups in total. The van der Waals surface area contributed by atoms with E-state index in [1.54, 1.807) is 0 Å². The highest BCUT2D eigenvalue weighted by atomic mass is 32.2. The summed E-state index contributed by atoms with van der Waals surface area (Å²) in [4.78, 5) is 0. The molecule has 0 aromatic carbocycles. The quantitative estimate of drug-likeness (QED) is 0.323. The van der Waals surface area contributed by atoms with Crippen LogP contribution in [-0.4, -0.2) is 49.6 Å². The van der Waals surface area contributed by atoms with Crippen LogP contribution in [0.3, 0.4) is 0 Å². The standard InChI is InChI=1S/C10H22S7/c1-2-16-9(10(13)14)7-15-6-8(5-12)17-4-3-11/h8-14H,2-7H2,1H3. The molecule has 0 aliphatic carbocycles. The van der Waals surface area contributed by atoms with E-state index < -0.39 is 0 Å². The highest BCUT2D eigenvalue weighted by Gasteiger charge is 2.15. The van der Waals surface area contributed by atoms with Crippen molar-refractivity contribution in [3.05, 3.63) is 0 Å². The maximum Gasteiger partial charge on any atom is 0.0568 e. The van der Waals surface area contributed by atoms with Gasteiger partial charge in [-0.25, -0.2) is 0 Å². The zero-order valence-corrected chi connectivity index (χ0v) is 16.0. The largest absolute Gasteiger partial charge is 0.179 e. The van der Waals surface area contributed by atoms with E-state index in [1.807, 2.05) is 35.3 Å². The molecule has 0 amide bonds. The summed E-state index contributed by atoms with van der Waals surface area (Å²) in [6.45, 7) is 2.19. The first kappa shape index (κ1) is 19.4. The van der Waals surface area contributed by atoms with Gasteiger partial charge in [-0.15, -0.1) is 0 Å². The van der Waals surface area contributed by atoms with Crippen molar-refractivity contribution < 1.29 is 0 Å². The molecule has 0 radical (unpaired) electrons. The summed E-state index contributed by atoms with van der Waals surface area (Å²) in [5.41, 5.74) is 0. The van der Waals surface area contributed by atoms with E-state index in [0.717, 1.165) is 34.5 Å². The molecule has 2 unspecified atom stereocenters.